The highest BCUT2D eigenvalue weighted by atomic mass is 35.5. The van der Waals surface area contributed by atoms with Gasteiger partial charge < -0.3 is 0 Å². The van der Waals surface area contributed by atoms with Gasteiger partial charge in [0.15, 0.2) is 0 Å². The van der Waals surface area contributed by atoms with E-state index in [0.29, 0.717) is 0 Å². The van der Waals surface area contributed by atoms with Crippen molar-refractivity contribution in [3.05, 3.63) is 36.4 Å². The lowest BCUT2D eigenvalue weighted by molar-refractivity contribution is 1.72. The minimum absolute atomic E-state index is 0. The van der Waals surface area contributed by atoms with E-state index in [9.17, 15) is 0 Å². The molecule has 60 valence electrons. The van der Waals surface area contributed by atoms with Crippen LogP contribution in [0.4, 0.5) is 0 Å². The topological polar surface area (TPSA) is 0 Å². The Morgan fingerprint density at radius 3 is 0.600 bits per heavy atom. The molecular weight excluding hydrogens is 189 g/mol. The van der Waals surface area contributed by atoms with Crippen molar-refractivity contribution in [2.75, 3.05) is 0 Å². The molecule has 1 aromatic rings. The molecule has 1 rings (SSSR count). The summed E-state index contributed by atoms with van der Waals surface area (Å²) < 4.78 is 0. The Bertz CT molecular complexity index is 84.9. The van der Waals surface area contributed by atoms with Gasteiger partial charge in [-0.15, -0.1) is 37.2 Å². The van der Waals surface area contributed by atoms with Gasteiger partial charge in [0, 0.05) is 0 Å². The molecule has 4 heteroatoms. The molecule has 0 nitrogen and oxygen atoms in total. The molecule has 0 saturated carbocycles. The zero-order chi connectivity index (χ0) is 4.24. The third-order valence-electron chi connectivity index (χ3n) is 0.667. The maximum Gasteiger partial charge on any atom is 0.0814 e. The number of hydrogen-bond acceptors (Lipinski definition) is 0. The summed E-state index contributed by atoms with van der Waals surface area (Å²) >= 11 is 0. The molecule has 0 atom stereocenters. The Morgan fingerprint density at radius 1 is 0.400 bits per heavy atom. The van der Waals surface area contributed by atoms with Crippen LogP contribution in [-0.2, 0) is 0 Å². The molecule has 0 fully saturated rings. The number of benzene rings is 1. The van der Waals surface area contributed by atoms with Crippen molar-refractivity contribution in [2.24, 2.45) is 0 Å². The van der Waals surface area contributed by atoms with E-state index >= 15 is 0 Å². The highest BCUT2D eigenvalue weighted by molar-refractivity contribution is 5.86. The van der Waals surface area contributed by atoms with E-state index in [-0.39, 0.29) is 45.6 Å². The fraction of sp³-hybridized carbons (Fsp3) is 0. The van der Waals surface area contributed by atoms with Gasteiger partial charge in [0.05, 0.1) is 8.41 Å². The molecule has 0 heterocycles. The summed E-state index contributed by atoms with van der Waals surface area (Å²) in [7, 11) is 0. The Morgan fingerprint density at radius 2 is 0.500 bits per heavy atom. The summed E-state index contributed by atoms with van der Waals surface area (Å²) in [5.41, 5.74) is 0. The second-order valence-electron chi connectivity index (χ2n) is 1.15. The quantitative estimate of drug-likeness (QED) is 0.561. The van der Waals surface area contributed by atoms with E-state index in [1.165, 1.54) is 0 Å². The van der Waals surface area contributed by atoms with Gasteiger partial charge in [0.1, 0.15) is 0 Å². The van der Waals surface area contributed by atoms with Crippen LogP contribution in [0, 0.1) is 0 Å². The molecule has 0 aliphatic rings. The maximum absolute atomic E-state index is 2.00. The molecule has 0 aliphatic heterocycles. The highest BCUT2D eigenvalue weighted by Gasteiger charge is 1.57. The van der Waals surface area contributed by atoms with E-state index < -0.39 is 0 Å². The van der Waals surface area contributed by atoms with Gasteiger partial charge in [-0.05, 0) is 0 Å². The summed E-state index contributed by atoms with van der Waals surface area (Å²) in [5.74, 6) is 0. The van der Waals surface area contributed by atoms with Crippen LogP contribution < -0.4 is 0 Å². The van der Waals surface area contributed by atoms with Gasteiger partial charge in [-0.25, -0.2) is 0 Å². The average molecular weight is 201 g/mol. The summed E-state index contributed by atoms with van der Waals surface area (Å²) in [5, 5.41) is 0. The van der Waals surface area contributed by atoms with Gasteiger partial charge in [0.2, 0.25) is 0 Å². The van der Waals surface area contributed by atoms with Gasteiger partial charge in [-0.2, -0.15) is 0 Å². The fourth-order valence-electron chi connectivity index (χ4n) is 0.385. The number of rotatable bonds is 0. The summed E-state index contributed by atoms with van der Waals surface area (Å²) in [6.07, 6.45) is 0. The predicted octanol–water partition coefficient (Wildman–Crippen LogP) is 1.77. The first-order valence-electron chi connectivity index (χ1n) is 2.00. The predicted molar refractivity (Wildman–Crippen MR) is 58.1 cm³/mol. The van der Waals surface area contributed by atoms with Crippen molar-refractivity contribution in [3.8, 4) is 0 Å². The van der Waals surface area contributed by atoms with Crippen molar-refractivity contribution >= 4 is 45.6 Å². The standard InChI is InChI=1S/C6H6.BH3.3ClH/c1-2-4-6-5-3-1;;;;/h1-6H;1H3;3*1H. The molecule has 0 amide bonds. The molecule has 0 unspecified atom stereocenters. The smallest absolute Gasteiger partial charge is 0.0814 e. The van der Waals surface area contributed by atoms with Gasteiger partial charge >= 0.3 is 0 Å². The van der Waals surface area contributed by atoms with E-state index in [4.69, 9.17) is 0 Å². The number of hydrogen-bond donors (Lipinski definition) is 0. The Balaban J connectivity index is -0.0000000450. The van der Waals surface area contributed by atoms with Gasteiger partial charge in [-0.3, -0.25) is 0 Å². The zero-order valence-corrected chi connectivity index (χ0v) is 7.14. The van der Waals surface area contributed by atoms with Crippen molar-refractivity contribution in [2.45, 2.75) is 0 Å². The van der Waals surface area contributed by atoms with Crippen molar-refractivity contribution in [3.63, 3.8) is 0 Å². The fourth-order valence-corrected chi connectivity index (χ4v) is 0.385. The molecule has 10 heavy (non-hydrogen) atoms. The van der Waals surface area contributed by atoms with Crippen LogP contribution in [0.15, 0.2) is 36.4 Å². The van der Waals surface area contributed by atoms with Gasteiger partial charge in [-0.1, -0.05) is 36.4 Å². The molecule has 1 aromatic carbocycles. The van der Waals surface area contributed by atoms with Crippen LogP contribution in [0.2, 0.25) is 0 Å². The highest BCUT2D eigenvalue weighted by Crippen LogP contribution is 1.79. The van der Waals surface area contributed by atoms with Crippen LogP contribution in [0.25, 0.3) is 0 Å². The molecule has 0 radical (unpaired) electrons. The Labute approximate surface area is 82.2 Å². The second-order valence-corrected chi connectivity index (χ2v) is 1.15. The van der Waals surface area contributed by atoms with Crippen molar-refractivity contribution in [1.29, 1.82) is 0 Å². The van der Waals surface area contributed by atoms with Crippen LogP contribution in [0.3, 0.4) is 0 Å². The molecule has 0 aliphatic carbocycles. The normalized spacial score (nSPS) is 4.80. The van der Waals surface area contributed by atoms with Crippen molar-refractivity contribution in [1.82, 2.24) is 0 Å². The first-order valence-corrected chi connectivity index (χ1v) is 2.00. The van der Waals surface area contributed by atoms with E-state index in [2.05, 4.69) is 0 Å². The van der Waals surface area contributed by atoms with E-state index in [1.807, 2.05) is 36.4 Å². The maximum atomic E-state index is 2.00. The van der Waals surface area contributed by atoms with Crippen LogP contribution in [-0.4, -0.2) is 8.41 Å². The molecular formula is C6H12BCl3. The zero-order valence-electron chi connectivity index (χ0n) is 4.69. The Kier molecular flexibility index (Phi) is 36.1. The third-order valence-corrected chi connectivity index (χ3v) is 0.667. The summed E-state index contributed by atoms with van der Waals surface area (Å²) in [4.78, 5) is 0. The lowest BCUT2D eigenvalue weighted by Gasteiger charge is -1.69. The minimum Gasteiger partial charge on any atom is -0.147 e. The first-order chi connectivity index (χ1) is 3.00. The molecule has 0 spiro atoms. The molecule has 0 bridgehead atoms. The van der Waals surface area contributed by atoms with E-state index in [0.717, 1.165) is 0 Å². The first kappa shape index (κ1) is 22.5. The third kappa shape index (κ3) is 11.0. The van der Waals surface area contributed by atoms with E-state index in [1.54, 1.807) is 0 Å². The van der Waals surface area contributed by atoms with Gasteiger partial charge in [0.25, 0.3) is 0 Å². The lowest BCUT2D eigenvalue weighted by atomic mass is 10.4. The monoisotopic (exact) mass is 200 g/mol. The summed E-state index contributed by atoms with van der Waals surface area (Å²) in [6.45, 7) is 0. The lowest BCUT2D eigenvalue weighted by Crippen LogP contribution is -1.47. The second kappa shape index (κ2) is 16.1. The SMILES string of the molecule is B.Cl.Cl.Cl.c1ccccc1. The average Bonchev–Trinajstić information content (AvgIpc) is 1.72. The van der Waals surface area contributed by atoms with Crippen LogP contribution >= 0.6 is 37.2 Å². The van der Waals surface area contributed by atoms with Crippen LogP contribution in [0.1, 0.15) is 0 Å². The minimum atomic E-state index is 0. The Hall–Kier alpha value is 0.155. The van der Waals surface area contributed by atoms with Crippen LogP contribution in [0.5, 0.6) is 0 Å². The summed E-state index contributed by atoms with van der Waals surface area (Å²) in [6, 6.07) is 12.0. The molecule has 0 saturated heterocycles. The largest absolute Gasteiger partial charge is 0.147 e. The molecule has 0 aromatic heterocycles. The number of halogens is 3. The molecule has 0 N–H and O–H groups in total. The van der Waals surface area contributed by atoms with Crippen molar-refractivity contribution < 1.29 is 0 Å².